The van der Waals surface area contributed by atoms with Crippen molar-refractivity contribution in [2.75, 3.05) is 14.2 Å². The predicted molar refractivity (Wildman–Crippen MR) is 87.7 cm³/mol. The number of ether oxygens (including phenoxy) is 1. The van der Waals surface area contributed by atoms with Crippen LogP contribution in [0.2, 0.25) is 0 Å². The van der Waals surface area contributed by atoms with Crippen LogP contribution < -0.4 is 10.1 Å². The molecule has 2 N–H and O–H groups in total. The van der Waals surface area contributed by atoms with Crippen LogP contribution in [0, 0.1) is 0 Å². The Kier molecular flexibility index (Phi) is 3.49. The first kappa shape index (κ1) is 14.5. The molecular weight excluding hydrogens is 292 g/mol. The summed E-state index contributed by atoms with van der Waals surface area (Å²) in [5.41, 5.74) is 1.28. The van der Waals surface area contributed by atoms with Gasteiger partial charge in [-0.1, -0.05) is 0 Å². The van der Waals surface area contributed by atoms with Crippen LogP contribution in [0.25, 0.3) is 10.9 Å². The maximum Gasteiger partial charge on any atom is 0.272 e. The van der Waals surface area contributed by atoms with E-state index in [1.54, 1.807) is 7.11 Å². The molecule has 4 rings (SSSR count). The number of carbonyl (C=O) groups is 1. The monoisotopic (exact) mass is 314 g/mol. The molecule has 2 fully saturated rings. The van der Waals surface area contributed by atoms with E-state index in [9.17, 15) is 4.79 Å². The normalized spacial score (nSPS) is 27.3. The van der Waals surface area contributed by atoms with Gasteiger partial charge in [-0.15, -0.1) is 0 Å². The minimum Gasteiger partial charge on any atom is -0.497 e. The molecule has 2 aromatic rings. The second-order valence-corrected chi connectivity index (χ2v) is 6.68. The topological polar surface area (TPSA) is 70.2 Å². The summed E-state index contributed by atoms with van der Waals surface area (Å²) >= 11 is 0. The zero-order valence-electron chi connectivity index (χ0n) is 13.5. The summed E-state index contributed by atoms with van der Waals surface area (Å²) in [4.78, 5) is 15.1. The molecule has 6 heteroatoms. The second-order valence-electron chi connectivity index (χ2n) is 6.68. The van der Waals surface area contributed by atoms with Crippen molar-refractivity contribution in [3.05, 3.63) is 23.9 Å². The van der Waals surface area contributed by atoms with E-state index in [0.717, 1.165) is 29.5 Å². The van der Waals surface area contributed by atoms with Crippen molar-refractivity contribution in [2.45, 2.75) is 43.8 Å². The number of hydrogen-bond acceptors (Lipinski definition) is 4. The molecule has 3 atom stereocenters. The molecule has 1 aromatic heterocycles. The molecule has 0 radical (unpaired) electrons. The highest BCUT2D eigenvalue weighted by atomic mass is 16.5. The zero-order chi connectivity index (χ0) is 16.0. The van der Waals surface area contributed by atoms with Gasteiger partial charge in [0.25, 0.3) is 5.91 Å². The first-order valence-electron chi connectivity index (χ1n) is 8.20. The van der Waals surface area contributed by atoms with E-state index in [1.165, 1.54) is 12.8 Å². The number of H-pyrrole nitrogens is 1. The quantitative estimate of drug-likeness (QED) is 0.908. The van der Waals surface area contributed by atoms with Crippen molar-refractivity contribution < 1.29 is 9.53 Å². The first-order valence-corrected chi connectivity index (χ1v) is 8.20. The fourth-order valence-corrected chi connectivity index (χ4v) is 4.08. The summed E-state index contributed by atoms with van der Waals surface area (Å²) < 4.78 is 5.20. The molecule has 6 nitrogen and oxygen atoms in total. The second kappa shape index (κ2) is 5.53. The number of piperidine rings is 1. The highest BCUT2D eigenvalue weighted by Crippen LogP contribution is 2.34. The van der Waals surface area contributed by atoms with Crippen LogP contribution in [0.5, 0.6) is 5.75 Å². The minimum absolute atomic E-state index is 0.0876. The van der Waals surface area contributed by atoms with E-state index in [4.69, 9.17) is 4.74 Å². The molecule has 2 saturated heterocycles. The third-order valence-corrected chi connectivity index (χ3v) is 5.42. The summed E-state index contributed by atoms with van der Waals surface area (Å²) in [6, 6.07) is 7.06. The smallest absolute Gasteiger partial charge is 0.272 e. The fraction of sp³-hybridized carbons (Fsp3) is 0.529. The summed E-state index contributed by atoms with van der Waals surface area (Å²) in [5.74, 6) is 0.662. The van der Waals surface area contributed by atoms with E-state index in [2.05, 4.69) is 27.5 Å². The van der Waals surface area contributed by atoms with E-state index >= 15 is 0 Å². The number of aromatic nitrogens is 2. The Labute approximate surface area is 135 Å². The molecule has 0 saturated carbocycles. The lowest BCUT2D eigenvalue weighted by atomic mass is 9.98. The van der Waals surface area contributed by atoms with Gasteiger partial charge in [-0.25, -0.2) is 0 Å². The Morgan fingerprint density at radius 1 is 1.35 bits per heavy atom. The average Bonchev–Trinajstić information content (AvgIpc) is 3.04. The Morgan fingerprint density at radius 2 is 2.09 bits per heavy atom. The molecule has 3 heterocycles. The number of aromatic amines is 1. The number of hydrogen-bond donors (Lipinski definition) is 2. The van der Waals surface area contributed by atoms with Gasteiger partial charge < -0.3 is 15.0 Å². The Hall–Kier alpha value is -2.08. The van der Waals surface area contributed by atoms with E-state index < -0.39 is 0 Å². The molecule has 0 spiro atoms. The van der Waals surface area contributed by atoms with Gasteiger partial charge in [0.1, 0.15) is 5.75 Å². The maximum absolute atomic E-state index is 12.6. The van der Waals surface area contributed by atoms with E-state index in [0.29, 0.717) is 17.8 Å². The van der Waals surface area contributed by atoms with Crippen LogP contribution >= 0.6 is 0 Å². The molecule has 2 bridgehead atoms. The average molecular weight is 314 g/mol. The lowest BCUT2D eigenvalue weighted by molar-refractivity contribution is 0.0879. The molecule has 2 aliphatic heterocycles. The van der Waals surface area contributed by atoms with Gasteiger partial charge in [0, 0.05) is 29.6 Å². The highest BCUT2D eigenvalue weighted by molar-refractivity contribution is 6.05. The third kappa shape index (κ3) is 2.47. The van der Waals surface area contributed by atoms with Gasteiger partial charge in [0.05, 0.1) is 12.6 Å². The molecule has 1 aromatic carbocycles. The number of nitrogens with zero attached hydrogens (tertiary/aromatic N) is 2. The summed E-state index contributed by atoms with van der Waals surface area (Å²) in [7, 11) is 3.83. The molecule has 0 unspecified atom stereocenters. The number of benzene rings is 1. The lowest BCUT2D eigenvalue weighted by Crippen LogP contribution is -2.48. The molecule has 0 aliphatic carbocycles. The number of amides is 1. The van der Waals surface area contributed by atoms with Crippen molar-refractivity contribution in [3.63, 3.8) is 0 Å². The van der Waals surface area contributed by atoms with Crippen molar-refractivity contribution in [3.8, 4) is 5.75 Å². The third-order valence-electron chi connectivity index (χ3n) is 5.42. The van der Waals surface area contributed by atoms with Crippen LogP contribution in [0.15, 0.2) is 18.2 Å². The highest BCUT2D eigenvalue weighted by Gasteiger charge is 2.39. The van der Waals surface area contributed by atoms with Crippen LogP contribution in [0.1, 0.15) is 36.2 Å². The minimum atomic E-state index is -0.0876. The van der Waals surface area contributed by atoms with Gasteiger partial charge in [0.15, 0.2) is 5.69 Å². The molecule has 2 aliphatic rings. The Morgan fingerprint density at radius 3 is 2.78 bits per heavy atom. The largest absolute Gasteiger partial charge is 0.497 e. The van der Waals surface area contributed by atoms with Crippen molar-refractivity contribution in [1.82, 2.24) is 20.4 Å². The summed E-state index contributed by atoms with van der Waals surface area (Å²) in [6.45, 7) is 0. The summed E-state index contributed by atoms with van der Waals surface area (Å²) in [6.07, 6.45) is 4.57. The van der Waals surface area contributed by atoms with E-state index in [-0.39, 0.29) is 11.9 Å². The molecule has 122 valence electrons. The first-order chi connectivity index (χ1) is 11.2. The number of methoxy groups -OCH3 is 1. The van der Waals surface area contributed by atoms with Crippen molar-refractivity contribution in [2.24, 2.45) is 0 Å². The van der Waals surface area contributed by atoms with Crippen LogP contribution in [-0.4, -0.2) is 53.3 Å². The lowest BCUT2D eigenvalue weighted by Gasteiger charge is -2.36. The van der Waals surface area contributed by atoms with Crippen molar-refractivity contribution in [1.29, 1.82) is 0 Å². The van der Waals surface area contributed by atoms with Gasteiger partial charge in [-0.2, -0.15) is 5.10 Å². The van der Waals surface area contributed by atoms with Crippen LogP contribution in [0.3, 0.4) is 0 Å². The number of nitrogens with one attached hydrogen (secondary N) is 2. The van der Waals surface area contributed by atoms with Gasteiger partial charge in [-0.05, 0) is 44.9 Å². The number of carbonyl (C=O) groups excluding carboxylic acids is 1. The van der Waals surface area contributed by atoms with Gasteiger partial charge in [0.2, 0.25) is 0 Å². The summed E-state index contributed by atoms with van der Waals surface area (Å²) in [5, 5.41) is 11.1. The zero-order valence-corrected chi connectivity index (χ0v) is 13.5. The van der Waals surface area contributed by atoms with Crippen molar-refractivity contribution >= 4 is 16.8 Å². The Balaban J connectivity index is 1.51. The van der Waals surface area contributed by atoms with E-state index in [1.807, 2.05) is 18.2 Å². The van der Waals surface area contributed by atoms with Crippen LogP contribution in [-0.2, 0) is 0 Å². The standard InChI is InChI=1S/C17H22N4O2/c1-21-11-3-4-12(21)8-10(7-11)18-17(22)16-14-6-5-13(23-2)9-15(14)19-20-16/h5-6,9-12H,3-4,7-8H2,1-2H3,(H,18,22)(H,19,20)/t10-,11-,12+. The molecule has 1 amide bonds. The van der Waals surface area contributed by atoms with Crippen LogP contribution in [0.4, 0.5) is 0 Å². The van der Waals surface area contributed by atoms with Gasteiger partial charge >= 0.3 is 0 Å². The Bertz CT molecular complexity index is 727. The SMILES string of the molecule is COc1ccc2c(C(=O)N[C@@H]3C[C@H]4CC[C@@H](C3)N4C)n[nH]c2c1. The maximum atomic E-state index is 12.6. The van der Waals surface area contributed by atoms with Gasteiger partial charge in [-0.3, -0.25) is 9.89 Å². The number of fused-ring (bicyclic) bond motifs is 3. The fourth-order valence-electron chi connectivity index (χ4n) is 4.08. The molecule has 23 heavy (non-hydrogen) atoms. The molecular formula is C17H22N4O2. The number of rotatable bonds is 3. The predicted octanol–water partition coefficient (Wildman–Crippen LogP) is 1.93.